The highest BCUT2D eigenvalue weighted by Gasteiger charge is 2.31. The SMILES string of the molecule is CCN(c1ccccc1)S(=O)(=O)c1cc(-c2[nH]ncc2C(=O)N2CCCC2)oc1C. The van der Waals surface area contributed by atoms with Gasteiger partial charge in [-0.05, 0) is 38.8 Å². The molecule has 4 rings (SSSR count). The number of hydrogen-bond donors (Lipinski definition) is 1. The van der Waals surface area contributed by atoms with Gasteiger partial charge >= 0.3 is 0 Å². The molecule has 0 unspecified atom stereocenters. The minimum absolute atomic E-state index is 0.0670. The van der Waals surface area contributed by atoms with Gasteiger partial charge in [-0.2, -0.15) is 5.10 Å². The third kappa shape index (κ3) is 3.49. The molecule has 30 heavy (non-hydrogen) atoms. The lowest BCUT2D eigenvalue weighted by Crippen LogP contribution is -2.30. The van der Waals surface area contributed by atoms with Crippen LogP contribution in [0.1, 0.15) is 35.9 Å². The van der Waals surface area contributed by atoms with Crippen LogP contribution in [-0.2, 0) is 10.0 Å². The summed E-state index contributed by atoms with van der Waals surface area (Å²) in [4.78, 5) is 14.7. The Labute approximate surface area is 175 Å². The fourth-order valence-corrected chi connectivity index (χ4v) is 5.41. The van der Waals surface area contributed by atoms with E-state index in [0.717, 1.165) is 12.8 Å². The first-order valence-corrected chi connectivity index (χ1v) is 11.4. The van der Waals surface area contributed by atoms with Crippen LogP contribution in [0.25, 0.3) is 11.5 Å². The fraction of sp³-hybridized carbons (Fsp3) is 0.333. The van der Waals surface area contributed by atoms with Gasteiger partial charge in [0.1, 0.15) is 16.3 Å². The van der Waals surface area contributed by atoms with Crippen molar-refractivity contribution in [3.05, 3.63) is 53.9 Å². The second-order valence-corrected chi connectivity index (χ2v) is 9.03. The standard InChI is InChI=1S/C21H24N4O4S/c1-3-25(16-9-5-4-6-10-16)30(27,28)19-13-18(29-15(19)2)20-17(14-22-23-20)21(26)24-11-7-8-12-24/h4-6,9-10,13-14H,3,7-8,11-12H2,1-2H3,(H,22,23). The highest BCUT2D eigenvalue weighted by Crippen LogP contribution is 2.33. The molecule has 3 heterocycles. The Hall–Kier alpha value is -3.07. The largest absolute Gasteiger partial charge is 0.458 e. The molecule has 1 amide bonds. The van der Waals surface area contributed by atoms with Crippen LogP contribution < -0.4 is 4.31 Å². The number of aryl methyl sites for hydroxylation is 1. The summed E-state index contributed by atoms with van der Waals surface area (Å²) in [7, 11) is -3.84. The van der Waals surface area contributed by atoms with E-state index in [1.54, 1.807) is 43.0 Å². The summed E-state index contributed by atoms with van der Waals surface area (Å²) in [5.74, 6) is 0.401. The first-order chi connectivity index (χ1) is 14.4. The fourth-order valence-electron chi connectivity index (χ4n) is 3.78. The molecule has 1 aliphatic rings. The van der Waals surface area contributed by atoms with E-state index in [4.69, 9.17) is 4.42 Å². The molecular formula is C21H24N4O4S. The van der Waals surface area contributed by atoms with Crippen LogP contribution in [0.4, 0.5) is 5.69 Å². The smallest absolute Gasteiger partial charge is 0.267 e. The zero-order chi connectivity index (χ0) is 21.3. The number of H-pyrrole nitrogens is 1. The van der Waals surface area contributed by atoms with E-state index < -0.39 is 10.0 Å². The van der Waals surface area contributed by atoms with Crippen molar-refractivity contribution in [3.8, 4) is 11.5 Å². The van der Waals surface area contributed by atoms with Crippen LogP contribution in [0.15, 0.2) is 51.9 Å². The summed E-state index contributed by atoms with van der Waals surface area (Å²) >= 11 is 0. The van der Waals surface area contributed by atoms with Crippen LogP contribution in [0.2, 0.25) is 0 Å². The van der Waals surface area contributed by atoms with Crippen molar-refractivity contribution >= 4 is 21.6 Å². The molecule has 1 aromatic carbocycles. The minimum Gasteiger partial charge on any atom is -0.458 e. The van der Waals surface area contributed by atoms with Gasteiger partial charge in [0.2, 0.25) is 0 Å². The summed E-state index contributed by atoms with van der Waals surface area (Å²) < 4.78 is 33.8. The second kappa shape index (κ2) is 7.98. The van der Waals surface area contributed by atoms with Gasteiger partial charge in [0.05, 0.1) is 17.4 Å². The highest BCUT2D eigenvalue weighted by molar-refractivity contribution is 7.92. The summed E-state index contributed by atoms with van der Waals surface area (Å²) in [6.07, 6.45) is 3.42. The van der Waals surface area contributed by atoms with Crippen LogP contribution >= 0.6 is 0 Å². The normalized spacial score (nSPS) is 14.3. The van der Waals surface area contributed by atoms with Gasteiger partial charge < -0.3 is 9.32 Å². The van der Waals surface area contributed by atoms with E-state index in [-0.39, 0.29) is 28.9 Å². The highest BCUT2D eigenvalue weighted by atomic mass is 32.2. The molecule has 0 saturated carbocycles. The molecule has 2 aromatic heterocycles. The van der Waals surface area contributed by atoms with Gasteiger partial charge in [-0.15, -0.1) is 0 Å². The lowest BCUT2D eigenvalue weighted by molar-refractivity contribution is 0.0793. The molecule has 1 saturated heterocycles. The van der Waals surface area contributed by atoms with Crippen molar-refractivity contribution in [2.45, 2.75) is 31.6 Å². The predicted octanol–water partition coefficient (Wildman–Crippen LogP) is 3.43. The van der Waals surface area contributed by atoms with Crippen LogP contribution in [0.3, 0.4) is 0 Å². The van der Waals surface area contributed by atoms with Crippen molar-refractivity contribution in [1.29, 1.82) is 0 Å². The number of sulfonamides is 1. The number of anilines is 1. The molecule has 1 fully saturated rings. The van der Waals surface area contributed by atoms with Gasteiger partial charge in [-0.25, -0.2) is 8.42 Å². The molecule has 1 N–H and O–H groups in total. The molecule has 0 bridgehead atoms. The van der Waals surface area contributed by atoms with Gasteiger partial charge in [0, 0.05) is 25.7 Å². The maximum absolute atomic E-state index is 13.4. The molecular weight excluding hydrogens is 404 g/mol. The average Bonchev–Trinajstić information content (AvgIpc) is 3.49. The number of nitrogens with zero attached hydrogens (tertiary/aromatic N) is 3. The van der Waals surface area contributed by atoms with Gasteiger partial charge in [-0.1, -0.05) is 18.2 Å². The minimum atomic E-state index is -3.84. The first-order valence-electron chi connectivity index (χ1n) is 9.94. The van der Waals surface area contributed by atoms with Crippen molar-refractivity contribution in [2.75, 3.05) is 23.9 Å². The van der Waals surface area contributed by atoms with Crippen LogP contribution in [0, 0.1) is 6.92 Å². The lowest BCUT2D eigenvalue weighted by atomic mass is 10.2. The van der Waals surface area contributed by atoms with E-state index >= 15 is 0 Å². The molecule has 3 aromatic rings. The van der Waals surface area contributed by atoms with E-state index in [2.05, 4.69) is 10.2 Å². The lowest BCUT2D eigenvalue weighted by Gasteiger charge is -2.22. The number of likely N-dealkylation sites (tertiary alicyclic amines) is 1. The van der Waals surface area contributed by atoms with Gasteiger partial charge in [0.25, 0.3) is 15.9 Å². The van der Waals surface area contributed by atoms with Gasteiger partial charge in [0.15, 0.2) is 5.76 Å². The monoisotopic (exact) mass is 428 g/mol. The molecule has 0 aliphatic carbocycles. The van der Waals surface area contributed by atoms with Crippen molar-refractivity contribution in [3.63, 3.8) is 0 Å². The third-order valence-corrected chi connectivity index (χ3v) is 7.29. The number of furan rings is 1. The van der Waals surface area contributed by atoms with Crippen molar-refractivity contribution < 1.29 is 17.6 Å². The zero-order valence-electron chi connectivity index (χ0n) is 17.0. The van der Waals surface area contributed by atoms with Crippen LogP contribution in [-0.4, -0.2) is 49.1 Å². The average molecular weight is 429 g/mol. The number of carbonyl (C=O) groups is 1. The second-order valence-electron chi connectivity index (χ2n) is 7.19. The molecule has 9 heteroatoms. The maximum atomic E-state index is 13.4. The molecule has 1 aliphatic heterocycles. The maximum Gasteiger partial charge on any atom is 0.267 e. The number of para-hydroxylation sites is 1. The third-order valence-electron chi connectivity index (χ3n) is 5.28. The molecule has 0 spiro atoms. The Morgan fingerprint density at radius 2 is 1.93 bits per heavy atom. The Kier molecular flexibility index (Phi) is 5.38. The Morgan fingerprint density at radius 1 is 1.23 bits per heavy atom. The Balaban J connectivity index is 1.71. The first kappa shape index (κ1) is 20.2. The Morgan fingerprint density at radius 3 is 2.60 bits per heavy atom. The van der Waals surface area contributed by atoms with E-state index in [1.807, 2.05) is 6.07 Å². The van der Waals surface area contributed by atoms with E-state index in [0.29, 0.717) is 30.0 Å². The topological polar surface area (TPSA) is 99.5 Å². The number of rotatable bonds is 6. The number of aromatic amines is 1. The molecule has 158 valence electrons. The van der Waals surface area contributed by atoms with Crippen molar-refractivity contribution in [1.82, 2.24) is 15.1 Å². The number of hydrogen-bond acceptors (Lipinski definition) is 5. The molecule has 0 radical (unpaired) electrons. The zero-order valence-corrected chi connectivity index (χ0v) is 17.8. The Bertz CT molecular complexity index is 1140. The summed E-state index contributed by atoms with van der Waals surface area (Å²) in [5, 5.41) is 6.79. The molecule has 8 nitrogen and oxygen atoms in total. The van der Waals surface area contributed by atoms with E-state index in [9.17, 15) is 13.2 Å². The number of benzene rings is 1. The molecule has 0 atom stereocenters. The summed E-state index contributed by atoms with van der Waals surface area (Å²) in [6.45, 7) is 5.08. The van der Waals surface area contributed by atoms with E-state index in [1.165, 1.54) is 16.6 Å². The van der Waals surface area contributed by atoms with Crippen molar-refractivity contribution in [2.24, 2.45) is 0 Å². The number of aromatic nitrogens is 2. The summed E-state index contributed by atoms with van der Waals surface area (Å²) in [5.41, 5.74) is 1.35. The number of carbonyl (C=O) groups excluding carboxylic acids is 1. The van der Waals surface area contributed by atoms with Crippen LogP contribution in [0.5, 0.6) is 0 Å². The van der Waals surface area contributed by atoms with Gasteiger partial charge in [-0.3, -0.25) is 14.2 Å². The quantitative estimate of drug-likeness (QED) is 0.648. The predicted molar refractivity (Wildman–Crippen MR) is 113 cm³/mol. The summed E-state index contributed by atoms with van der Waals surface area (Å²) in [6, 6.07) is 10.4. The number of nitrogens with one attached hydrogen (secondary N) is 1. The number of amides is 1.